The number of fused-ring (bicyclic) bond motifs is 2. The zero-order chi connectivity index (χ0) is 20.7. The van der Waals surface area contributed by atoms with E-state index in [1.165, 1.54) is 6.08 Å². The van der Waals surface area contributed by atoms with Crippen LogP contribution in [0.5, 0.6) is 0 Å². The van der Waals surface area contributed by atoms with Crippen LogP contribution in [0.1, 0.15) is 11.5 Å². The summed E-state index contributed by atoms with van der Waals surface area (Å²) in [7, 11) is 0. The number of hydrazine groups is 1. The monoisotopic (exact) mass is 390 g/mol. The number of hydrogen-bond donors (Lipinski definition) is 5. The Hall–Kier alpha value is -3.91. The highest BCUT2D eigenvalue weighted by Crippen LogP contribution is 2.28. The zero-order valence-corrected chi connectivity index (χ0v) is 15.6. The van der Waals surface area contributed by atoms with E-state index in [-0.39, 0.29) is 17.1 Å². The number of H-pyrrole nitrogens is 2. The van der Waals surface area contributed by atoms with Gasteiger partial charge in [0, 0.05) is 10.9 Å². The molecule has 8 heteroatoms. The fraction of sp³-hybridized carbons (Fsp3) is 0.0476. The Morgan fingerprint density at radius 3 is 2.72 bits per heavy atom. The Balaban J connectivity index is 1.75. The number of aromatic nitrogens is 3. The van der Waals surface area contributed by atoms with E-state index in [0.717, 1.165) is 21.9 Å². The van der Waals surface area contributed by atoms with Crippen molar-refractivity contribution >= 4 is 39.2 Å². The van der Waals surface area contributed by atoms with Gasteiger partial charge in [0.05, 0.1) is 22.3 Å². The second kappa shape index (κ2) is 6.92. The quantitative estimate of drug-likeness (QED) is 0.0891. The number of halogens is 1. The topological polar surface area (TPSA) is 118 Å². The summed E-state index contributed by atoms with van der Waals surface area (Å²) < 4.78 is 14.8. The lowest BCUT2D eigenvalue weighted by molar-refractivity contribution is 0.498. The van der Waals surface area contributed by atoms with Gasteiger partial charge in [-0.25, -0.2) is 15.2 Å². The first-order valence-electron chi connectivity index (χ1n) is 8.83. The normalized spacial score (nSPS) is 12.2. The number of rotatable bonds is 4. The third-order valence-corrected chi connectivity index (χ3v) is 4.70. The Bertz CT molecular complexity index is 1300. The van der Waals surface area contributed by atoms with Gasteiger partial charge in [-0.1, -0.05) is 24.8 Å². The molecule has 0 aliphatic heterocycles. The summed E-state index contributed by atoms with van der Waals surface area (Å²) in [5.74, 6) is 5.57. The second-order valence-electron chi connectivity index (χ2n) is 6.57. The Morgan fingerprint density at radius 2 is 2.00 bits per heavy atom. The van der Waals surface area contributed by atoms with E-state index in [1.807, 2.05) is 6.92 Å². The van der Waals surface area contributed by atoms with Crippen LogP contribution < -0.4 is 10.9 Å². The highest BCUT2D eigenvalue weighted by Gasteiger charge is 2.21. The molecule has 4 rings (SSSR count). The molecule has 2 heterocycles. The molecule has 0 radical (unpaired) electrons. The molecule has 0 bridgehead atoms. The molecule has 7 nitrogen and oxygen atoms in total. The van der Waals surface area contributed by atoms with Crippen LogP contribution >= 0.6 is 0 Å². The first-order valence-corrected chi connectivity index (χ1v) is 8.83. The molecule has 4 aromatic rings. The number of aliphatic hydroxyl groups is 1. The van der Waals surface area contributed by atoms with Crippen molar-refractivity contribution in [1.29, 1.82) is 5.41 Å². The maximum absolute atomic E-state index is 14.8. The van der Waals surface area contributed by atoms with E-state index in [0.29, 0.717) is 16.6 Å². The summed E-state index contributed by atoms with van der Waals surface area (Å²) in [5, 5.41) is 20.6. The lowest BCUT2D eigenvalue weighted by Crippen LogP contribution is -2.38. The molecule has 0 saturated carbocycles. The molecule has 2 aromatic carbocycles. The highest BCUT2D eigenvalue weighted by atomic mass is 19.1. The summed E-state index contributed by atoms with van der Waals surface area (Å²) >= 11 is 0. The Kier molecular flexibility index (Phi) is 4.40. The van der Waals surface area contributed by atoms with Crippen molar-refractivity contribution in [2.24, 2.45) is 5.84 Å². The molecule has 0 aliphatic rings. The number of benzene rings is 2. The third kappa shape index (κ3) is 3.05. The number of aryl methyl sites for hydroxylation is 1. The predicted octanol–water partition coefficient (Wildman–Crippen LogP) is 4.30. The summed E-state index contributed by atoms with van der Waals surface area (Å²) in [6.07, 6.45) is 1.27. The minimum absolute atomic E-state index is 0.0150. The number of imidazole rings is 1. The van der Waals surface area contributed by atoms with Crippen molar-refractivity contribution in [3.63, 3.8) is 0 Å². The minimum Gasteiger partial charge on any atom is -0.505 e. The number of nitrogens with two attached hydrogens (primary N) is 1. The number of hydrogen-bond acceptors (Lipinski definition) is 4. The molecule has 0 saturated heterocycles. The van der Waals surface area contributed by atoms with Gasteiger partial charge < -0.3 is 15.1 Å². The predicted molar refractivity (Wildman–Crippen MR) is 113 cm³/mol. The molecule has 0 aliphatic carbocycles. The number of para-hydroxylation sites is 1. The van der Waals surface area contributed by atoms with Crippen LogP contribution in [0.25, 0.3) is 27.7 Å². The van der Waals surface area contributed by atoms with E-state index in [4.69, 9.17) is 11.3 Å². The van der Waals surface area contributed by atoms with Crippen LogP contribution in [-0.2, 0) is 0 Å². The van der Waals surface area contributed by atoms with Gasteiger partial charge in [-0.05, 0) is 37.3 Å². The van der Waals surface area contributed by atoms with Gasteiger partial charge in [-0.2, -0.15) is 0 Å². The lowest BCUT2D eigenvalue weighted by atomic mass is 10.1. The molecule has 0 atom stereocenters. The van der Waals surface area contributed by atoms with Gasteiger partial charge in [-0.15, -0.1) is 0 Å². The summed E-state index contributed by atoms with van der Waals surface area (Å²) in [6, 6.07) is 12.0. The van der Waals surface area contributed by atoms with Crippen LogP contribution in [0.3, 0.4) is 0 Å². The van der Waals surface area contributed by atoms with Crippen LogP contribution in [0.4, 0.5) is 10.1 Å². The molecule has 6 N–H and O–H groups in total. The average molecular weight is 390 g/mol. The van der Waals surface area contributed by atoms with E-state index < -0.39 is 11.6 Å². The van der Waals surface area contributed by atoms with Crippen LogP contribution in [0.2, 0.25) is 0 Å². The molecule has 29 heavy (non-hydrogen) atoms. The maximum Gasteiger partial charge on any atom is 0.159 e. The molecule has 0 unspecified atom stereocenters. The van der Waals surface area contributed by atoms with Crippen molar-refractivity contribution < 1.29 is 9.50 Å². The summed E-state index contributed by atoms with van der Waals surface area (Å²) in [6.45, 7) is 5.49. The molecule has 0 spiro atoms. The van der Waals surface area contributed by atoms with Crippen LogP contribution in [0, 0.1) is 18.2 Å². The van der Waals surface area contributed by atoms with Gasteiger partial charge in [0.2, 0.25) is 0 Å². The van der Waals surface area contributed by atoms with Crippen molar-refractivity contribution in [3.8, 4) is 0 Å². The third-order valence-electron chi connectivity index (χ3n) is 4.70. The van der Waals surface area contributed by atoms with E-state index in [2.05, 4.69) is 21.5 Å². The van der Waals surface area contributed by atoms with Crippen LogP contribution in [-0.4, -0.2) is 25.9 Å². The highest BCUT2D eigenvalue weighted by molar-refractivity contribution is 6.13. The second-order valence-corrected chi connectivity index (χ2v) is 6.57. The van der Waals surface area contributed by atoms with Crippen molar-refractivity contribution in [3.05, 3.63) is 78.0 Å². The van der Waals surface area contributed by atoms with E-state index >= 15 is 0 Å². The number of nitrogens with one attached hydrogen (secondary N) is 3. The van der Waals surface area contributed by atoms with Gasteiger partial charge in [0.1, 0.15) is 11.5 Å². The van der Waals surface area contributed by atoms with E-state index in [9.17, 15) is 9.50 Å². The van der Waals surface area contributed by atoms with E-state index in [1.54, 1.807) is 42.5 Å². The standard InChI is InChI=1S/C21H19FN6O/c1-3-13(20(29)19-18(22)14-6-4-5-7-15(14)27-19)21(23)28(24)12-8-9-16-17(10-12)26-11(2)25-16/h3-10,23,27,29H,1,24H2,2H3,(H,25,26). The molecule has 0 amide bonds. The smallest absolute Gasteiger partial charge is 0.159 e. The van der Waals surface area contributed by atoms with Crippen molar-refractivity contribution in [2.75, 3.05) is 5.01 Å². The molecule has 146 valence electrons. The van der Waals surface area contributed by atoms with Gasteiger partial charge in [0.25, 0.3) is 0 Å². The summed E-state index contributed by atoms with van der Waals surface area (Å²) in [4.78, 5) is 10.3. The number of aromatic amines is 2. The summed E-state index contributed by atoms with van der Waals surface area (Å²) in [5.41, 5.74) is 2.42. The molecule has 0 fully saturated rings. The number of anilines is 1. The lowest BCUT2D eigenvalue weighted by Gasteiger charge is -2.20. The SMILES string of the molecule is C=CC(C(=N)N(N)c1ccc2nc(C)[nH]c2c1)=C(O)c1[nH]c2ccccc2c1F. The average Bonchev–Trinajstić information content (AvgIpc) is 3.26. The van der Waals surface area contributed by atoms with Gasteiger partial charge >= 0.3 is 0 Å². The fourth-order valence-corrected chi connectivity index (χ4v) is 3.24. The van der Waals surface area contributed by atoms with Gasteiger partial charge in [0.15, 0.2) is 17.4 Å². The molecular weight excluding hydrogens is 371 g/mol. The van der Waals surface area contributed by atoms with Crippen molar-refractivity contribution in [2.45, 2.75) is 6.92 Å². The number of amidine groups is 1. The molecular formula is C21H19FN6O. The first kappa shape index (κ1) is 18.5. The Labute approximate surface area is 165 Å². The van der Waals surface area contributed by atoms with Crippen molar-refractivity contribution in [1.82, 2.24) is 15.0 Å². The minimum atomic E-state index is -0.608. The number of nitrogens with zero attached hydrogens (tertiary/aromatic N) is 2. The fourth-order valence-electron chi connectivity index (χ4n) is 3.24. The first-order chi connectivity index (χ1) is 13.9. The number of aliphatic hydroxyl groups excluding tert-OH is 1. The Morgan fingerprint density at radius 1 is 1.24 bits per heavy atom. The van der Waals surface area contributed by atoms with Crippen LogP contribution in [0.15, 0.2) is 60.7 Å². The maximum atomic E-state index is 14.8. The van der Waals surface area contributed by atoms with Gasteiger partial charge in [-0.3, -0.25) is 10.4 Å². The zero-order valence-electron chi connectivity index (χ0n) is 15.6. The molecule has 2 aromatic heterocycles. The largest absolute Gasteiger partial charge is 0.505 e.